The summed E-state index contributed by atoms with van der Waals surface area (Å²) in [5, 5.41) is 0. The molecule has 5 heteroatoms. The van der Waals surface area contributed by atoms with Gasteiger partial charge in [0.1, 0.15) is 0 Å². The highest BCUT2D eigenvalue weighted by Crippen LogP contribution is 2.28. The van der Waals surface area contributed by atoms with Gasteiger partial charge in [0.15, 0.2) is 11.6 Å². The minimum Gasteiger partial charge on any atom is -0.494 e. The molecule has 0 bridgehead atoms. The number of ether oxygens (including phenoxy) is 1. The maximum Gasteiger partial charge on any atom is 0.217 e. The minimum absolute atomic E-state index is 0.183. The van der Waals surface area contributed by atoms with Gasteiger partial charge in [-0.05, 0) is 92.9 Å². The summed E-state index contributed by atoms with van der Waals surface area (Å²) >= 11 is 0. The molecule has 0 aromatic heterocycles. The van der Waals surface area contributed by atoms with Gasteiger partial charge in [0.2, 0.25) is 5.91 Å². The van der Waals surface area contributed by atoms with Crippen molar-refractivity contribution in [1.82, 2.24) is 4.90 Å². The predicted octanol–water partition coefficient (Wildman–Crippen LogP) is 4.14. The lowest BCUT2D eigenvalue weighted by Crippen LogP contribution is -2.20. The second-order valence-corrected chi connectivity index (χ2v) is 8.33. The number of primary amides is 1. The van der Waals surface area contributed by atoms with Crippen LogP contribution in [0, 0.1) is 11.7 Å². The summed E-state index contributed by atoms with van der Waals surface area (Å²) in [6.45, 7) is 3.64. The summed E-state index contributed by atoms with van der Waals surface area (Å²) in [4.78, 5) is 13.2. The van der Waals surface area contributed by atoms with E-state index < -0.39 is 0 Å². The maximum atomic E-state index is 13.2. The Morgan fingerprint density at radius 1 is 1.13 bits per heavy atom. The first-order chi connectivity index (χ1) is 14.5. The van der Waals surface area contributed by atoms with Gasteiger partial charge in [-0.2, -0.15) is 0 Å². The van der Waals surface area contributed by atoms with Crippen LogP contribution in [0.15, 0.2) is 42.5 Å². The summed E-state index contributed by atoms with van der Waals surface area (Å²) in [5.41, 5.74) is 9.09. The number of aryl methyl sites for hydroxylation is 1. The van der Waals surface area contributed by atoms with Crippen LogP contribution in [0.3, 0.4) is 0 Å². The lowest BCUT2D eigenvalue weighted by atomic mass is 10.0. The van der Waals surface area contributed by atoms with Gasteiger partial charge < -0.3 is 15.4 Å². The zero-order chi connectivity index (χ0) is 21.3. The van der Waals surface area contributed by atoms with Crippen molar-refractivity contribution in [2.75, 3.05) is 26.7 Å². The van der Waals surface area contributed by atoms with Crippen molar-refractivity contribution in [3.05, 3.63) is 65.0 Å². The van der Waals surface area contributed by atoms with Crippen LogP contribution in [-0.4, -0.2) is 37.6 Å². The highest BCUT2D eigenvalue weighted by molar-refractivity contribution is 5.74. The summed E-state index contributed by atoms with van der Waals surface area (Å²) in [6, 6.07) is 13.5. The predicted molar refractivity (Wildman–Crippen MR) is 118 cm³/mol. The number of nitrogens with two attached hydrogens (primary N) is 1. The highest BCUT2D eigenvalue weighted by Gasteiger charge is 2.21. The van der Waals surface area contributed by atoms with Gasteiger partial charge in [-0.25, -0.2) is 4.39 Å². The molecule has 0 spiro atoms. The number of carbonyl (C=O) groups excluding carboxylic acids is 1. The Morgan fingerprint density at radius 2 is 1.80 bits per heavy atom. The number of hydrogen-bond donors (Lipinski definition) is 1. The number of likely N-dealkylation sites (tertiary alicyclic amines) is 1. The fraction of sp³-hybridized carbons (Fsp3) is 0.480. The van der Waals surface area contributed by atoms with E-state index in [4.69, 9.17) is 10.5 Å². The Kier molecular flexibility index (Phi) is 8.26. The van der Waals surface area contributed by atoms with E-state index in [0.717, 1.165) is 37.8 Å². The molecule has 162 valence electrons. The average Bonchev–Trinajstić information content (AvgIpc) is 3.38. The molecule has 0 atom stereocenters. The van der Waals surface area contributed by atoms with Crippen LogP contribution in [0.2, 0.25) is 0 Å². The molecule has 2 N–H and O–H groups in total. The third kappa shape index (κ3) is 6.56. The zero-order valence-corrected chi connectivity index (χ0v) is 17.9. The monoisotopic (exact) mass is 412 g/mol. The van der Waals surface area contributed by atoms with Crippen molar-refractivity contribution < 1.29 is 13.9 Å². The van der Waals surface area contributed by atoms with E-state index in [1.807, 2.05) is 18.2 Å². The lowest BCUT2D eigenvalue weighted by Gasteiger charge is -2.14. The average molecular weight is 413 g/mol. The van der Waals surface area contributed by atoms with E-state index in [2.05, 4.69) is 17.0 Å². The molecule has 30 heavy (non-hydrogen) atoms. The molecule has 2 aromatic rings. The number of fused-ring (bicyclic) bond motifs is 1. The number of hydrogen-bond acceptors (Lipinski definition) is 3. The van der Waals surface area contributed by atoms with Crippen LogP contribution in [-0.2, 0) is 24.1 Å². The molecule has 0 unspecified atom stereocenters. The minimum atomic E-state index is -0.282. The topological polar surface area (TPSA) is 55.6 Å². The van der Waals surface area contributed by atoms with Crippen molar-refractivity contribution in [2.24, 2.45) is 11.7 Å². The Balaban J connectivity index is 0.000000177. The molecule has 1 amide bonds. The van der Waals surface area contributed by atoms with Gasteiger partial charge in [-0.3, -0.25) is 4.79 Å². The number of amides is 1. The quantitative estimate of drug-likeness (QED) is 0.744. The van der Waals surface area contributed by atoms with E-state index in [0.29, 0.717) is 18.1 Å². The largest absolute Gasteiger partial charge is 0.494 e. The van der Waals surface area contributed by atoms with Gasteiger partial charge >= 0.3 is 0 Å². The summed E-state index contributed by atoms with van der Waals surface area (Å²) in [7, 11) is 1.51. The van der Waals surface area contributed by atoms with Gasteiger partial charge in [-0.15, -0.1) is 0 Å². The molecule has 2 aliphatic rings. The molecule has 2 aromatic carbocycles. The normalized spacial score (nSPS) is 16.1. The van der Waals surface area contributed by atoms with Crippen molar-refractivity contribution in [3.63, 3.8) is 0 Å². The Labute approximate surface area is 179 Å². The molecule has 4 rings (SSSR count). The summed E-state index contributed by atoms with van der Waals surface area (Å²) < 4.78 is 18.2. The van der Waals surface area contributed by atoms with Crippen LogP contribution >= 0.6 is 0 Å². The van der Waals surface area contributed by atoms with Crippen LogP contribution in [0.5, 0.6) is 5.75 Å². The smallest absolute Gasteiger partial charge is 0.217 e. The number of methoxy groups -OCH3 is 1. The third-order valence-electron chi connectivity index (χ3n) is 5.98. The molecule has 1 fully saturated rings. The Morgan fingerprint density at radius 3 is 2.40 bits per heavy atom. The van der Waals surface area contributed by atoms with Crippen molar-refractivity contribution in [1.29, 1.82) is 0 Å². The first-order valence-electron chi connectivity index (χ1n) is 10.9. The highest BCUT2D eigenvalue weighted by atomic mass is 19.1. The second kappa shape index (κ2) is 11.1. The van der Waals surface area contributed by atoms with Gasteiger partial charge in [0.05, 0.1) is 7.11 Å². The van der Waals surface area contributed by atoms with Gasteiger partial charge in [0.25, 0.3) is 0 Å². The van der Waals surface area contributed by atoms with Gasteiger partial charge in [0, 0.05) is 6.42 Å². The molecular formula is C25H33FN2O2. The van der Waals surface area contributed by atoms with Crippen molar-refractivity contribution in [3.8, 4) is 5.75 Å². The molecule has 1 heterocycles. The Hall–Kier alpha value is -2.40. The first-order valence-corrected chi connectivity index (χ1v) is 10.9. The number of carbonyl (C=O) groups is 1. The molecule has 1 aliphatic heterocycles. The van der Waals surface area contributed by atoms with Crippen molar-refractivity contribution >= 4 is 5.91 Å². The number of halogens is 1. The first kappa shape index (κ1) is 22.3. The number of benzene rings is 2. The zero-order valence-electron chi connectivity index (χ0n) is 17.9. The van der Waals surface area contributed by atoms with Crippen LogP contribution in [0.1, 0.15) is 42.4 Å². The second-order valence-electron chi connectivity index (χ2n) is 8.33. The van der Waals surface area contributed by atoms with E-state index in [-0.39, 0.29) is 11.7 Å². The van der Waals surface area contributed by atoms with Crippen LogP contribution < -0.4 is 10.5 Å². The van der Waals surface area contributed by atoms with Gasteiger partial charge in [-0.1, -0.05) is 30.3 Å². The van der Waals surface area contributed by atoms with Crippen LogP contribution in [0.4, 0.5) is 4.39 Å². The third-order valence-corrected chi connectivity index (χ3v) is 5.98. The fourth-order valence-corrected chi connectivity index (χ4v) is 4.45. The molecule has 1 saturated heterocycles. The molecule has 0 saturated carbocycles. The summed E-state index contributed by atoms with van der Waals surface area (Å²) in [6.07, 6.45) is 7.35. The summed E-state index contributed by atoms with van der Waals surface area (Å²) in [5.74, 6) is 0.326. The molecule has 0 radical (unpaired) electrons. The standard InChI is InChI=1S/C14H20FNO.C11H13NO/c1-17-14-11-12(6-7-13(14)15)5-4-10-16-8-2-3-9-16;12-11(13)7-8-5-9-3-1-2-4-10(9)6-8/h6-7,11H,2-5,8-10H2,1H3;1-4,8H,5-7H2,(H2,12,13). The SMILES string of the molecule is COc1cc(CCCN2CCCC2)ccc1F.NC(=O)CC1Cc2ccccc2C1. The van der Waals surface area contributed by atoms with E-state index in [9.17, 15) is 9.18 Å². The van der Waals surface area contributed by atoms with E-state index >= 15 is 0 Å². The van der Waals surface area contributed by atoms with E-state index in [1.54, 1.807) is 6.07 Å². The number of rotatable bonds is 7. The van der Waals surface area contributed by atoms with Crippen molar-refractivity contribution in [2.45, 2.75) is 44.9 Å². The van der Waals surface area contributed by atoms with Crippen LogP contribution in [0.25, 0.3) is 0 Å². The maximum absolute atomic E-state index is 13.2. The fourth-order valence-electron chi connectivity index (χ4n) is 4.45. The lowest BCUT2D eigenvalue weighted by molar-refractivity contribution is -0.118. The number of nitrogens with zero attached hydrogens (tertiary/aromatic N) is 1. The van der Waals surface area contributed by atoms with E-state index in [1.165, 1.54) is 50.2 Å². The molecular weight excluding hydrogens is 379 g/mol. The molecule has 4 nitrogen and oxygen atoms in total. The molecule has 1 aliphatic carbocycles. The Bertz CT molecular complexity index is 809.